The highest BCUT2D eigenvalue weighted by Gasteiger charge is 2.57. The Labute approximate surface area is 112 Å². The van der Waals surface area contributed by atoms with Crippen molar-refractivity contribution in [1.82, 2.24) is 4.90 Å². The van der Waals surface area contributed by atoms with Crippen LogP contribution in [0.5, 0.6) is 0 Å². The van der Waals surface area contributed by atoms with Crippen molar-refractivity contribution in [2.24, 2.45) is 0 Å². The van der Waals surface area contributed by atoms with Crippen LogP contribution in [0.1, 0.15) is 34.3 Å². The van der Waals surface area contributed by atoms with Crippen LogP contribution in [0.15, 0.2) is 54.6 Å². The lowest BCUT2D eigenvalue weighted by atomic mass is 10.0. The minimum absolute atomic E-state index is 0.00349. The number of hydrogen-bond acceptors (Lipinski definition) is 1. The Morgan fingerprint density at radius 1 is 0.947 bits per heavy atom. The Bertz CT molecular complexity index is 643. The normalized spacial score (nSPS) is 18.7. The van der Waals surface area contributed by atoms with Crippen molar-refractivity contribution < 1.29 is 4.79 Å². The second-order valence-electron chi connectivity index (χ2n) is 5.45. The van der Waals surface area contributed by atoms with Crippen LogP contribution in [0.3, 0.4) is 0 Å². The van der Waals surface area contributed by atoms with E-state index in [0.717, 1.165) is 18.4 Å². The van der Waals surface area contributed by atoms with Crippen molar-refractivity contribution in [3.8, 4) is 0 Å². The number of fused-ring (bicyclic) bond motifs is 2. The highest BCUT2D eigenvalue weighted by Crippen LogP contribution is 2.56. The Kier molecular flexibility index (Phi) is 2.10. The van der Waals surface area contributed by atoms with E-state index in [-0.39, 0.29) is 11.4 Å². The van der Waals surface area contributed by atoms with Crippen LogP contribution in [0, 0.1) is 0 Å². The minimum atomic E-state index is 0.00349. The van der Waals surface area contributed by atoms with E-state index in [4.69, 9.17) is 0 Å². The van der Waals surface area contributed by atoms with Gasteiger partial charge in [0.1, 0.15) is 0 Å². The van der Waals surface area contributed by atoms with E-state index in [1.807, 2.05) is 36.4 Å². The third-order valence-corrected chi connectivity index (χ3v) is 4.33. The Balaban J connectivity index is 1.74. The van der Waals surface area contributed by atoms with Crippen molar-refractivity contribution in [2.75, 3.05) is 0 Å². The molecule has 2 nitrogen and oxygen atoms in total. The van der Waals surface area contributed by atoms with Gasteiger partial charge in [0.2, 0.25) is 0 Å². The van der Waals surface area contributed by atoms with Gasteiger partial charge in [0.15, 0.2) is 0 Å². The molecule has 1 saturated carbocycles. The van der Waals surface area contributed by atoms with E-state index < -0.39 is 0 Å². The standard InChI is InChI=1S/C17H15NO/c19-16-14-8-4-5-9-15(14)17(10-11-17)18(16)12-13-6-2-1-3-7-13/h1-9H,10-12H2. The molecule has 2 aromatic carbocycles. The zero-order chi connectivity index (χ0) is 12.9. The topological polar surface area (TPSA) is 20.3 Å². The molecule has 2 aliphatic rings. The number of carbonyl (C=O) groups is 1. The maximum Gasteiger partial charge on any atom is 0.255 e. The van der Waals surface area contributed by atoms with Gasteiger partial charge in [-0.25, -0.2) is 0 Å². The molecule has 94 valence electrons. The van der Waals surface area contributed by atoms with E-state index in [1.54, 1.807) is 0 Å². The van der Waals surface area contributed by atoms with Crippen LogP contribution in [-0.2, 0) is 12.1 Å². The molecule has 0 atom stereocenters. The maximum absolute atomic E-state index is 12.6. The fourth-order valence-corrected chi connectivity index (χ4v) is 3.21. The molecule has 0 radical (unpaired) electrons. The lowest BCUT2D eigenvalue weighted by Crippen LogP contribution is -2.32. The monoisotopic (exact) mass is 249 g/mol. The van der Waals surface area contributed by atoms with E-state index >= 15 is 0 Å². The largest absolute Gasteiger partial charge is 0.325 e. The summed E-state index contributed by atoms with van der Waals surface area (Å²) < 4.78 is 0. The van der Waals surface area contributed by atoms with Gasteiger partial charge in [0.25, 0.3) is 5.91 Å². The third kappa shape index (κ3) is 1.46. The van der Waals surface area contributed by atoms with E-state index in [9.17, 15) is 4.79 Å². The second-order valence-corrected chi connectivity index (χ2v) is 5.45. The van der Waals surface area contributed by atoms with Gasteiger partial charge in [-0.3, -0.25) is 4.79 Å². The van der Waals surface area contributed by atoms with Crippen LogP contribution in [-0.4, -0.2) is 10.8 Å². The van der Waals surface area contributed by atoms with E-state index in [0.29, 0.717) is 6.54 Å². The van der Waals surface area contributed by atoms with Crippen LogP contribution in [0.2, 0.25) is 0 Å². The molecule has 0 saturated heterocycles. The number of carbonyl (C=O) groups excluding carboxylic acids is 1. The van der Waals surface area contributed by atoms with Crippen molar-refractivity contribution in [3.63, 3.8) is 0 Å². The molecule has 1 amide bonds. The summed E-state index contributed by atoms with van der Waals surface area (Å²) >= 11 is 0. The summed E-state index contributed by atoms with van der Waals surface area (Å²) in [5, 5.41) is 0. The lowest BCUT2D eigenvalue weighted by Gasteiger charge is -2.25. The van der Waals surface area contributed by atoms with Crippen LogP contribution in [0.4, 0.5) is 0 Å². The van der Waals surface area contributed by atoms with Gasteiger partial charge in [-0.1, -0.05) is 48.5 Å². The van der Waals surface area contributed by atoms with Gasteiger partial charge in [-0.2, -0.15) is 0 Å². The molecule has 1 fully saturated rings. The average molecular weight is 249 g/mol. The fourth-order valence-electron chi connectivity index (χ4n) is 3.21. The summed E-state index contributed by atoms with van der Waals surface area (Å²) in [5.74, 6) is 0.192. The van der Waals surface area contributed by atoms with Crippen molar-refractivity contribution in [3.05, 3.63) is 71.3 Å². The van der Waals surface area contributed by atoms with Gasteiger partial charge < -0.3 is 4.90 Å². The van der Waals surface area contributed by atoms with Crippen molar-refractivity contribution >= 4 is 5.91 Å². The Morgan fingerprint density at radius 3 is 2.37 bits per heavy atom. The van der Waals surface area contributed by atoms with Gasteiger partial charge in [0.05, 0.1) is 5.54 Å². The van der Waals surface area contributed by atoms with Crippen molar-refractivity contribution in [2.45, 2.75) is 24.9 Å². The number of nitrogens with zero attached hydrogens (tertiary/aromatic N) is 1. The Hall–Kier alpha value is -2.09. The van der Waals surface area contributed by atoms with Crippen LogP contribution in [0.25, 0.3) is 0 Å². The van der Waals surface area contributed by atoms with E-state index in [2.05, 4.69) is 23.1 Å². The summed E-state index contributed by atoms with van der Waals surface area (Å²) in [4.78, 5) is 14.6. The smallest absolute Gasteiger partial charge is 0.255 e. The average Bonchev–Trinajstić information content (AvgIpc) is 3.23. The summed E-state index contributed by atoms with van der Waals surface area (Å²) in [6.07, 6.45) is 2.20. The molecule has 4 rings (SSSR count). The number of rotatable bonds is 2. The summed E-state index contributed by atoms with van der Waals surface area (Å²) in [6.45, 7) is 0.717. The molecular weight excluding hydrogens is 234 g/mol. The molecule has 19 heavy (non-hydrogen) atoms. The van der Waals surface area contributed by atoms with Gasteiger partial charge in [-0.15, -0.1) is 0 Å². The SMILES string of the molecule is O=C1c2ccccc2C2(CC2)N1Cc1ccccc1. The highest BCUT2D eigenvalue weighted by atomic mass is 16.2. The molecule has 0 aromatic heterocycles. The van der Waals surface area contributed by atoms with Gasteiger partial charge in [-0.05, 0) is 30.0 Å². The first-order valence-electron chi connectivity index (χ1n) is 6.77. The zero-order valence-electron chi connectivity index (χ0n) is 10.7. The Morgan fingerprint density at radius 2 is 1.63 bits per heavy atom. The summed E-state index contributed by atoms with van der Waals surface area (Å²) in [6, 6.07) is 18.3. The molecule has 1 aliphatic heterocycles. The van der Waals surface area contributed by atoms with Crippen molar-refractivity contribution in [1.29, 1.82) is 0 Å². The van der Waals surface area contributed by atoms with E-state index in [1.165, 1.54) is 11.1 Å². The number of hydrogen-bond donors (Lipinski definition) is 0. The number of amides is 1. The highest BCUT2D eigenvalue weighted by molar-refractivity contribution is 6.00. The molecule has 2 aromatic rings. The minimum Gasteiger partial charge on any atom is -0.325 e. The second kappa shape index (κ2) is 3.70. The predicted molar refractivity (Wildman–Crippen MR) is 73.7 cm³/mol. The third-order valence-electron chi connectivity index (χ3n) is 4.33. The molecule has 0 bridgehead atoms. The molecule has 2 heteroatoms. The maximum atomic E-state index is 12.6. The van der Waals surface area contributed by atoms with Crippen LogP contribution < -0.4 is 0 Å². The molecule has 0 N–H and O–H groups in total. The fraction of sp³-hybridized carbons (Fsp3) is 0.235. The first kappa shape index (κ1) is 10.8. The summed E-state index contributed by atoms with van der Waals surface area (Å²) in [7, 11) is 0. The molecule has 1 aliphatic carbocycles. The quantitative estimate of drug-likeness (QED) is 0.799. The first-order chi connectivity index (χ1) is 9.31. The molecule has 0 unspecified atom stereocenters. The van der Waals surface area contributed by atoms with Crippen LogP contribution >= 0.6 is 0 Å². The predicted octanol–water partition coefficient (Wildman–Crippen LogP) is 3.33. The summed E-state index contributed by atoms with van der Waals surface area (Å²) in [5.41, 5.74) is 3.34. The first-order valence-corrected chi connectivity index (χ1v) is 6.77. The zero-order valence-corrected chi connectivity index (χ0v) is 10.7. The lowest BCUT2D eigenvalue weighted by molar-refractivity contribution is 0.0683. The molecular formula is C17H15NO. The van der Waals surface area contributed by atoms with Gasteiger partial charge >= 0.3 is 0 Å². The molecule has 1 heterocycles. The van der Waals surface area contributed by atoms with Gasteiger partial charge in [0, 0.05) is 12.1 Å². The molecule has 1 spiro atoms. The number of benzene rings is 2.